The molecular formula is C16H22FN3O3. The van der Waals surface area contributed by atoms with Gasteiger partial charge in [-0.2, -0.15) is 0 Å². The van der Waals surface area contributed by atoms with E-state index in [1.165, 1.54) is 19.2 Å². The molecule has 0 bridgehead atoms. The van der Waals surface area contributed by atoms with Gasteiger partial charge >= 0.3 is 12.1 Å². The number of amides is 3. The lowest BCUT2D eigenvalue weighted by Gasteiger charge is -2.31. The lowest BCUT2D eigenvalue weighted by atomic mass is 10.1. The van der Waals surface area contributed by atoms with Gasteiger partial charge in [0.2, 0.25) is 0 Å². The van der Waals surface area contributed by atoms with Crippen LogP contribution < -0.4 is 10.6 Å². The molecule has 1 fully saturated rings. The Hall–Kier alpha value is -2.31. The van der Waals surface area contributed by atoms with E-state index in [2.05, 4.69) is 15.4 Å². The average molecular weight is 323 g/mol. The zero-order valence-corrected chi connectivity index (χ0v) is 13.2. The maximum absolute atomic E-state index is 13.0. The van der Waals surface area contributed by atoms with E-state index in [1.807, 2.05) is 6.07 Å². The summed E-state index contributed by atoms with van der Waals surface area (Å²) < 4.78 is 17.7. The first kappa shape index (κ1) is 17.1. The number of nitrogens with one attached hydrogen (secondary N) is 2. The molecule has 0 unspecified atom stereocenters. The second-order valence-electron chi connectivity index (χ2n) is 5.51. The summed E-state index contributed by atoms with van der Waals surface area (Å²) in [5.41, 5.74) is 0.844. The first-order chi connectivity index (χ1) is 11.1. The number of nitrogens with zero attached hydrogens (tertiary/aromatic N) is 1. The second-order valence-corrected chi connectivity index (χ2v) is 5.51. The van der Waals surface area contributed by atoms with Crippen molar-refractivity contribution in [1.29, 1.82) is 0 Å². The van der Waals surface area contributed by atoms with E-state index in [4.69, 9.17) is 0 Å². The van der Waals surface area contributed by atoms with E-state index in [-0.39, 0.29) is 24.0 Å². The predicted molar refractivity (Wildman–Crippen MR) is 83.6 cm³/mol. The molecule has 1 aliphatic heterocycles. The monoisotopic (exact) mass is 323 g/mol. The fraction of sp³-hybridized carbons (Fsp3) is 0.500. The molecule has 0 radical (unpaired) electrons. The maximum atomic E-state index is 13.0. The second kappa shape index (κ2) is 8.36. The van der Waals surface area contributed by atoms with Gasteiger partial charge in [0.05, 0.1) is 7.11 Å². The molecule has 126 valence electrons. The Labute approximate surface area is 135 Å². The van der Waals surface area contributed by atoms with Crippen molar-refractivity contribution in [3.63, 3.8) is 0 Å². The molecule has 1 aromatic rings. The molecule has 1 aliphatic rings. The highest BCUT2D eigenvalue weighted by Gasteiger charge is 2.23. The third-order valence-corrected chi connectivity index (χ3v) is 3.85. The van der Waals surface area contributed by atoms with Crippen molar-refractivity contribution in [2.75, 3.05) is 26.7 Å². The summed E-state index contributed by atoms with van der Waals surface area (Å²) in [5, 5.41) is 5.66. The SMILES string of the molecule is COC(=O)N1CCC(NC(=O)NCCc2cccc(F)c2)CC1. The van der Waals surface area contributed by atoms with Crippen molar-refractivity contribution in [2.45, 2.75) is 25.3 Å². The number of methoxy groups -OCH3 is 1. The van der Waals surface area contributed by atoms with Gasteiger partial charge in [0.1, 0.15) is 5.82 Å². The van der Waals surface area contributed by atoms with Crippen LogP contribution in [0.15, 0.2) is 24.3 Å². The van der Waals surface area contributed by atoms with E-state index < -0.39 is 0 Å². The van der Waals surface area contributed by atoms with Crippen LogP contribution in [0.5, 0.6) is 0 Å². The van der Waals surface area contributed by atoms with Crippen LogP contribution in [-0.4, -0.2) is 49.8 Å². The fourth-order valence-corrected chi connectivity index (χ4v) is 2.58. The van der Waals surface area contributed by atoms with Crippen molar-refractivity contribution in [2.24, 2.45) is 0 Å². The summed E-state index contributed by atoms with van der Waals surface area (Å²) in [4.78, 5) is 24.8. The van der Waals surface area contributed by atoms with Crippen LogP contribution in [0, 0.1) is 5.82 Å². The van der Waals surface area contributed by atoms with Gasteiger partial charge in [-0.15, -0.1) is 0 Å². The number of ether oxygens (including phenoxy) is 1. The summed E-state index contributed by atoms with van der Waals surface area (Å²) in [7, 11) is 1.36. The fourth-order valence-electron chi connectivity index (χ4n) is 2.58. The Morgan fingerprint density at radius 3 is 2.74 bits per heavy atom. The zero-order valence-electron chi connectivity index (χ0n) is 13.2. The summed E-state index contributed by atoms with van der Waals surface area (Å²) in [6, 6.07) is 6.14. The highest BCUT2D eigenvalue weighted by atomic mass is 19.1. The Kier molecular flexibility index (Phi) is 6.19. The predicted octanol–water partition coefficient (Wildman–Crippen LogP) is 1.90. The van der Waals surface area contributed by atoms with E-state index >= 15 is 0 Å². The largest absolute Gasteiger partial charge is 0.453 e. The van der Waals surface area contributed by atoms with Crippen molar-refractivity contribution < 1.29 is 18.7 Å². The molecule has 6 nitrogen and oxygen atoms in total. The smallest absolute Gasteiger partial charge is 0.409 e. The van der Waals surface area contributed by atoms with Crippen LogP contribution in [0.25, 0.3) is 0 Å². The van der Waals surface area contributed by atoms with Crippen LogP contribution in [0.3, 0.4) is 0 Å². The molecule has 1 saturated heterocycles. The minimum Gasteiger partial charge on any atom is -0.453 e. The number of benzene rings is 1. The Morgan fingerprint density at radius 2 is 2.09 bits per heavy atom. The van der Waals surface area contributed by atoms with Crippen LogP contribution in [0.4, 0.5) is 14.0 Å². The van der Waals surface area contributed by atoms with Gasteiger partial charge in [0.25, 0.3) is 0 Å². The molecule has 3 amide bonds. The molecule has 1 heterocycles. The zero-order chi connectivity index (χ0) is 16.7. The third-order valence-electron chi connectivity index (χ3n) is 3.85. The maximum Gasteiger partial charge on any atom is 0.409 e. The topological polar surface area (TPSA) is 70.7 Å². The molecular weight excluding hydrogens is 301 g/mol. The standard InChI is InChI=1S/C16H22FN3O3/c1-23-16(22)20-9-6-14(7-10-20)19-15(21)18-8-5-12-3-2-4-13(17)11-12/h2-4,11,14H,5-10H2,1H3,(H2,18,19,21). The summed E-state index contributed by atoms with van der Waals surface area (Å²) >= 11 is 0. The number of piperidine rings is 1. The van der Waals surface area contributed by atoms with Crippen molar-refractivity contribution in [3.05, 3.63) is 35.6 Å². The summed E-state index contributed by atoms with van der Waals surface area (Å²) in [6.45, 7) is 1.58. The minimum atomic E-state index is -0.331. The first-order valence-electron chi connectivity index (χ1n) is 7.70. The van der Waals surface area contributed by atoms with Gasteiger partial charge in [-0.05, 0) is 37.0 Å². The van der Waals surface area contributed by atoms with E-state index in [0.717, 1.165) is 5.56 Å². The van der Waals surface area contributed by atoms with Crippen LogP contribution in [-0.2, 0) is 11.2 Å². The molecule has 2 N–H and O–H groups in total. The molecule has 2 rings (SSSR count). The average Bonchev–Trinajstić information content (AvgIpc) is 2.55. The number of urea groups is 1. The van der Waals surface area contributed by atoms with Gasteiger partial charge in [0, 0.05) is 25.7 Å². The van der Waals surface area contributed by atoms with Gasteiger partial charge in [0.15, 0.2) is 0 Å². The van der Waals surface area contributed by atoms with Crippen LogP contribution in [0.2, 0.25) is 0 Å². The first-order valence-corrected chi connectivity index (χ1v) is 7.70. The minimum absolute atomic E-state index is 0.0464. The van der Waals surface area contributed by atoms with Gasteiger partial charge in [-0.1, -0.05) is 12.1 Å². The molecule has 23 heavy (non-hydrogen) atoms. The van der Waals surface area contributed by atoms with E-state index in [0.29, 0.717) is 38.9 Å². The Morgan fingerprint density at radius 1 is 1.35 bits per heavy atom. The number of likely N-dealkylation sites (tertiary alicyclic amines) is 1. The number of hydrogen-bond acceptors (Lipinski definition) is 3. The van der Waals surface area contributed by atoms with Crippen molar-refractivity contribution >= 4 is 12.1 Å². The number of carbonyl (C=O) groups is 2. The number of rotatable bonds is 4. The van der Waals surface area contributed by atoms with Crippen LogP contribution in [0.1, 0.15) is 18.4 Å². The third kappa shape index (κ3) is 5.43. The Bertz CT molecular complexity index is 545. The Balaban J connectivity index is 1.65. The normalized spacial score (nSPS) is 15.1. The summed E-state index contributed by atoms with van der Waals surface area (Å²) in [5.74, 6) is -0.274. The quantitative estimate of drug-likeness (QED) is 0.889. The van der Waals surface area contributed by atoms with E-state index in [1.54, 1.807) is 11.0 Å². The number of hydrogen-bond donors (Lipinski definition) is 2. The molecule has 0 saturated carbocycles. The van der Waals surface area contributed by atoms with Crippen LogP contribution >= 0.6 is 0 Å². The molecule has 0 aliphatic carbocycles. The molecule has 0 atom stereocenters. The lowest BCUT2D eigenvalue weighted by molar-refractivity contribution is 0.110. The van der Waals surface area contributed by atoms with Crippen molar-refractivity contribution in [3.8, 4) is 0 Å². The highest BCUT2D eigenvalue weighted by molar-refractivity contribution is 5.74. The number of carbonyl (C=O) groups excluding carboxylic acids is 2. The molecule has 1 aromatic carbocycles. The van der Waals surface area contributed by atoms with Gasteiger partial charge < -0.3 is 20.3 Å². The molecule has 0 spiro atoms. The summed E-state index contributed by atoms with van der Waals surface area (Å²) in [6.07, 6.45) is 1.65. The van der Waals surface area contributed by atoms with Gasteiger partial charge in [-0.25, -0.2) is 14.0 Å². The number of halogens is 1. The molecule has 0 aromatic heterocycles. The lowest BCUT2D eigenvalue weighted by Crippen LogP contribution is -2.49. The molecule has 7 heteroatoms. The van der Waals surface area contributed by atoms with Crippen molar-refractivity contribution in [1.82, 2.24) is 15.5 Å². The van der Waals surface area contributed by atoms with Gasteiger partial charge in [-0.3, -0.25) is 0 Å². The van der Waals surface area contributed by atoms with E-state index in [9.17, 15) is 14.0 Å². The highest BCUT2D eigenvalue weighted by Crippen LogP contribution is 2.11.